The predicted octanol–water partition coefficient (Wildman–Crippen LogP) is 4.37. The molecule has 0 aromatic carbocycles. The number of hydrogen-bond donors (Lipinski definition) is 1. The third-order valence-electron chi connectivity index (χ3n) is 6.26. The molecule has 4 unspecified atom stereocenters. The molecule has 0 aliphatic heterocycles. The fourth-order valence-electron chi connectivity index (χ4n) is 5.44. The van der Waals surface area contributed by atoms with Gasteiger partial charge in [0.1, 0.15) is 0 Å². The smallest absolute Gasteiger partial charge is 0.249 e. The zero-order chi connectivity index (χ0) is 14.4. The summed E-state index contributed by atoms with van der Waals surface area (Å²) >= 11 is 1.82. The number of nitrogens with two attached hydrogens (primary N) is 1. The average Bonchev–Trinajstić information content (AvgIpc) is 2.53. The maximum atomic E-state index is 11.9. The Kier molecular flexibility index (Phi) is 3.49. The van der Waals surface area contributed by atoms with E-state index in [1.807, 2.05) is 22.8 Å². The summed E-state index contributed by atoms with van der Waals surface area (Å²) < 4.78 is 0. The van der Waals surface area contributed by atoms with Crippen molar-refractivity contribution < 1.29 is 4.79 Å². The molecule has 1 heterocycles. The Morgan fingerprint density at radius 2 is 1.95 bits per heavy atom. The summed E-state index contributed by atoms with van der Waals surface area (Å²) in [5.41, 5.74) is 7.81. The van der Waals surface area contributed by atoms with Crippen molar-refractivity contribution in [3.8, 4) is 0 Å². The zero-order valence-corrected chi connectivity index (χ0v) is 13.3. The van der Waals surface area contributed by atoms with Gasteiger partial charge in [0.15, 0.2) is 5.38 Å². The molecule has 1 aromatic heterocycles. The molecule has 2 fully saturated rings. The summed E-state index contributed by atoms with van der Waals surface area (Å²) in [6.45, 7) is 0. The van der Waals surface area contributed by atoms with Crippen LogP contribution in [0.15, 0.2) is 11.4 Å². The van der Waals surface area contributed by atoms with Crippen molar-refractivity contribution in [2.45, 2.75) is 57.3 Å². The summed E-state index contributed by atoms with van der Waals surface area (Å²) in [5, 5.41) is 2.05. The quantitative estimate of drug-likeness (QED) is 0.769. The first kappa shape index (κ1) is 13.7. The molecular formula is C18H24NOS+. The van der Waals surface area contributed by atoms with E-state index >= 15 is 0 Å². The SMILES string of the molecule is NC(=O)c1cc[s+]c2c1C1CCC3CCCCC3C1CC2. The van der Waals surface area contributed by atoms with Crippen LogP contribution in [0.25, 0.3) is 0 Å². The number of amides is 1. The summed E-state index contributed by atoms with van der Waals surface area (Å²) in [6.07, 6.45) is 10.8. The molecule has 0 saturated heterocycles. The van der Waals surface area contributed by atoms with E-state index in [0.717, 1.165) is 29.7 Å². The highest BCUT2D eigenvalue weighted by molar-refractivity contribution is 7.09. The fourth-order valence-corrected chi connectivity index (χ4v) is 6.43. The van der Waals surface area contributed by atoms with Gasteiger partial charge in [0, 0.05) is 18.1 Å². The van der Waals surface area contributed by atoms with Gasteiger partial charge in [0.2, 0.25) is 22.1 Å². The molecule has 0 spiro atoms. The number of carbonyl (C=O) groups excluding carboxylic acids is 1. The molecule has 2 N–H and O–H groups in total. The molecule has 3 aliphatic rings. The van der Waals surface area contributed by atoms with Crippen LogP contribution in [0.5, 0.6) is 0 Å². The van der Waals surface area contributed by atoms with Crippen LogP contribution < -0.4 is 5.73 Å². The molecule has 112 valence electrons. The van der Waals surface area contributed by atoms with Crippen molar-refractivity contribution in [2.24, 2.45) is 23.5 Å². The van der Waals surface area contributed by atoms with Crippen molar-refractivity contribution >= 4 is 17.2 Å². The average molecular weight is 302 g/mol. The van der Waals surface area contributed by atoms with Crippen LogP contribution in [0, 0.1) is 17.8 Å². The number of fused-ring (bicyclic) bond motifs is 5. The second-order valence-corrected chi connectivity index (χ2v) is 8.13. The Labute approximate surface area is 130 Å². The lowest BCUT2D eigenvalue weighted by Gasteiger charge is -2.47. The highest BCUT2D eigenvalue weighted by atomic mass is 32.1. The van der Waals surface area contributed by atoms with Gasteiger partial charge in [0.05, 0.1) is 5.56 Å². The Bertz CT molecular complexity index is 570. The van der Waals surface area contributed by atoms with Gasteiger partial charge in [0.25, 0.3) is 0 Å². The third-order valence-corrected chi connectivity index (χ3v) is 7.24. The van der Waals surface area contributed by atoms with E-state index in [4.69, 9.17) is 5.73 Å². The highest BCUT2D eigenvalue weighted by Crippen LogP contribution is 2.54. The van der Waals surface area contributed by atoms with Crippen molar-refractivity contribution in [1.29, 1.82) is 0 Å². The van der Waals surface area contributed by atoms with Crippen molar-refractivity contribution in [1.82, 2.24) is 0 Å². The van der Waals surface area contributed by atoms with Gasteiger partial charge in [-0.3, -0.25) is 4.79 Å². The maximum Gasteiger partial charge on any atom is 0.249 e. The van der Waals surface area contributed by atoms with Crippen LogP contribution in [0.2, 0.25) is 0 Å². The lowest BCUT2D eigenvalue weighted by Crippen LogP contribution is -2.38. The van der Waals surface area contributed by atoms with E-state index < -0.39 is 0 Å². The maximum absolute atomic E-state index is 11.9. The molecule has 1 aromatic rings. The van der Waals surface area contributed by atoms with Crippen LogP contribution in [0.4, 0.5) is 0 Å². The van der Waals surface area contributed by atoms with Gasteiger partial charge in [-0.15, -0.1) is 0 Å². The second-order valence-electron chi connectivity index (χ2n) is 7.13. The normalized spacial score (nSPS) is 34.5. The second kappa shape index (κ2) is 5.35. The van der Waals surface area contributed by atoms with E-state index in [9.17, 15) is 4.79 Å². The number of aryl methyl sites for hydroxylation is 1. The fraction of sp³-hybridized carbons (Fsp3) is 0.667. The van der Waals surface area contributed by atoms with Gasteiger partial charge < -0.3 is 5.73 Å². The predicted molar refractivity (Wildman–Crippen MR) is 86.5 cm³/mol. The number of primary amides is 1. The zero-order valence-electron chi connectivity index (χ0n) is 12.5. The Hall–Kier alpha value is -0.960. The molecule has 2 saturated carbocycles. The third kappa shape index (κ3) is 2.21. The molecule has 1 amide bonds. The van der Waals surface area contributed by atoms with E-state index in [0.29, 0.717) is 5.92 Å². The summed E-state index contributed by atoms with van der Waals surface area (Å²) in [5.74, 6) is 3.06. The number of hydrogen-bond acceptors (Lipinski definition) is 1. The number of carbonyl (C=O) groups is 1. The van der Waals surface area contributed by atoms with Crippen LogP contribution in [0.3, 0.4) is 0 Å². The summed E-state index contributed by atoms with van der Waals surface area (Å²) in [4.78, 5) is 13.3. The Morgan fingerprint density at radius 3 is 2.81 bits per heavy atom. The van der Waals surface area contributed by atoms with Gasteiger partial charge >= 0.3 is 0 Å². The molecule has 4 rings (SSSR count). The van der Waals surface area contributed by atoms with Crippen molar-refractivity contribution in [3.05, 3.63) is 27.5 Å². The van der Waals surface area contributed by atoms with Crippen molar-refractivity contribution in [2.75, 3.05) is 0 Å². The van der Waals surface area contributed by atoms with Crippen molar-refractivity contribution in [3.63, 3.8) is 0 Å². The molecule has 3 heteroatoms. The van der Waals surface area contributed by atoms with E-state index in [-0.39, 0.29) is 5.91 Å². The summed E-state index contributed by atoms with van der Waals surface area (Å²) in [7, 11) is 0. The first-order chi connectivity index (χ1) is 10.3. The topological polar surface area (TPSA) is 43.1 Å². The molecule has 3 aliphatic carbocycles. The van der Waals surface area contributed by atoms with Crippen LogP contribution in [-0.4, -0.2) is 5.91 Å². The monoisotopic (exact) mass is 302 g/mol. The minimum Gasteiger partial charge on any atom is -0.366 e. The molecule has 4 atom stereocenters. The summed E-state index contributed by atoms with van der Waals surface area (Å²) in [6, 6.07) is 1.96. The minimum absolute atomic E-state index is 0.231. The molecular weight excluding hydrogens is 278 g/mol. The molecule has 0 radical (unpaired) electrons. The standard InChI is InChI=1S/C18H23NOS/c19-18(20)15-9-10-21-16-8-7-13-12-4-2-1-3-11(12)5-6-14(13)17(15)16/h9-14H,1-8H2,(H-,19,20)/p+1. The van der Waals surface area contributed by atoms with Crippen LogP contribution >= 0.6 is 11.3 Å². The van der Waals surface area contributed by atoms with Crippen LogP contribution in [0.1, 0.15) is 71.7 Å². The Morgan fingerprint density at radius 1 is 1.10 bits per heavy atom. The van der Waals surface area contributed by atoms with E-state index in [1.54, 1.807) is 0 Å². The lowest BCUT2D eigenvalue weighted by atomic mass is 9.57. The van der Waals surface area contributed by atoms with Gasteiger partial charge in [-0.1, -0.05) is 19.3 Å². The Balaban J connectivity index is 1.74. The minimum atomic E-state index is -0.231. The first-order valence-corrected chi connectivity index (χ1v) is 9.37. The van der Waals surface area contributed by atoms with E-state index in [1.165, 1.54) is 55.4 Å². The van der Waals surface area contributed by atoms with Gasteiger partial charge in [-0.25, -0.2) is 0 Å². The van der Waals surface area contributed by atoms with Gasteiger partial charge in [-0.2, -0.15) is 0 Å². The van der Waals surface area contributed by atoms with Crippen LogP contribution in [-0.2, 0) is 6.42 Å². The van der Waals surface area contributed by atoms with E-state index in [2.05, 4.69) is 0 Å². The first-order valence-electron chi connectivity index (χ1n) is 8.49. The highest BCUT2D eigenvalue weighted by Gasteiger charge is 2.46. The molecule has 21 heavy (non-hydrogen) atoms. The largest absolute Gasteiger partial charge is 0.366 e. The van der Waals surface area contributed by atoms with Gasteiger partial charge in [-0.05, 0) is 49.4 Å². The molecule has 2 nitrogen and oxygen atoms in total. The lowest BCUT2D eigenvalue weighted by molar-refractivity contribution is 0.0733. The number of rotatable bonds is 1. The molecule has 0 bridgehead atoms.